The summed E-state index contributed by atoms with van der Waals surface area (Å²) in [4.78, 5) is 45.0. The number of esters is 2. The van der Waals surface area contributed by atoms with Crippen LogP contribution in [0.15, 0.2) is 40.0 Å². The summed E-state index contributed by atoms with van der Waals surface area (Å²) >= 11 is 0. The molecule has 4 rings (SSSR count). The molecule has 0 radical (unpaired) electrons. The number of carbonyl (C=O) groups is 3. The predicted molar refractivity (Wildman–Crippen MR) is 109 cm³/mol. The van der Waals surface area contributed by atoms with Crippen LogP contribution in [-0.2, 0) is 29.3 Å². The average Bonchev–Trinajstić information content (AvgIpc) is 3.26. The summed E-state index contributed by atoms with van der Waals surface area (Å²) in [6.07, 6.45) is 0. The molecule has 9 heteroatoms. The number of hydrogen-bond acceptors (Lipinski definition) is 8. The van der Waals surface area contributed by atoms with E-state index in [0.29, 0.717) is 16.9 Å². The number of nitrogens with zero attached hydrogens (tertiary/aromatic N) is 2. The van der Waals surface area contributed by atoms with E-state index in [0.717, 1.165) is 0 Å². The lowest BCUT2D eigenvalue weighted by Gasteiger charge is -2.28. The number of ether oxygens (including phenoxy) is 2. The fraction of sp³-hybridized carbons (Fsp3) is 0.364. The standard InChI is InChI=1S/C22H23N3O6/c1-11-15(18(27)31-21(2,3)4)22(19(28)25(11)10-14(26)29-5)13-9-7-6-8-12(13)16-17(22)24-20(23)30-16/h6-9H,10H2,1-5H3,(H2,23,24). The third-order valence-electron chi connectivity index (χ3n) is 5.40. The molecule has 1 atom stereocenters. The Bertz CT molecular complexity index is 1160. The molecule has 1 aliphatic carbocycles. The molecule has 1 unspecified atom stereocenters. The third kappa shape index (κ3) is 2.83. The van der Waals surface area contributed by atoms with Gasteiger partial charge in [0, 0.05) is 11.3 Å². The number of oxazole rings is 1. The van der Waals surface area contributed by atoms with Gasteiger partial charge in [-0.15, -0.1) is 0 Å². The minimum atomic E-state index is -1.63. The minimum absolute atomic E-state index is 0.0795. The quantitative estimate of drug-likeness (QED) is 0.742. The number of amides is 1. The van der Waals surface area contributed by atoms with Crippen LogP contribution in [0.1, 0.15) is 39.0 Å². The van der Waals surface area contributed by atoms with E-state index < -0.39 is 28.9 Å². The molecule has 9 nitrogen and oxygen atoms in total. The largest absolute Gasteiger partial charge is 0.468 e. The molecular weight excluding hydrogens is 402 g/mol. The van der Waals surface area contributed by atoms with Gasteiger partial charge in [-0.2, -0.15) is 4.98 Å². The number of carbonyl (C=O) groups excluding carboxylic acids is 3. The van der Waals surface area contributed by atoms with E-state index in [2.05, 4.69) is 4.98 Å². The van der Waals surface area contributed by atoms with Gasteiger partial charge in [-0.05, 0) is 33.3 Å². The Morgan fingerprint density at radius 2 is 1.94 bits per heavy atom. The predicted octanol–water partition coefficient (Wildman–Crippen LogP) is 2.15. The molecule has 1 aromatic heterocycles. The molecule has 31 heavy (non-hydrogen) atoms. The van der Waals surface area contributed by atoms with Crippen molar-refractivity contribution in [2.24, 2.45) is 0 Å². The first-order valence-electron chi connectivity index (χ1n) is 9.72. The van der Waals surface area contributed by atoms with Gasteiger partial charge in [0.2, 0.25) is 5.91 Å². The summed E-state index contributed by atoms with van der Waals surface area (Å²) in [7, 11) is 1.23. The van der Waals surface area contributed by atoms with E-state index in [9.17, 15) is 14.4 Å². The van der Waals surface area contributed by atoms with Crippen LogP contribution in [0.4, 0.5) is 6.01 Å². The molecular formula is C22H23N3O6. The maximum atomic E-state index is 14.0. The number of allylic oxidation sites excluding steroid dienone is 1. The molecule has 1 spiro atoms. The smallest absolute Gasteiger partial charge is 0.338 e. The zero-order chi connectivity index (χ0) is 22.7. The van der Waals surface area contributed by atoms with Crippen molar-refractivity contribution < 1.29 is 28.3 Å². The monoisotopic (exact) mass is 425 g/mol. The highest BCUT2D eigenvalue weighted by atomic mass is 16.6. The average molecular weight is 425 g/mol. The number of rotatable bonds is 3. The van der Waals surface area contributed by atoms with Crippen molar-refractivity contribution in [3.05, 3.63) is 46.8 Å². The Morgan fingerprint density at radius 1 is 1.26 bits per heavy atom. The number of methoxy groups -OCH3 is 1. The molecule has 2 heterocycles. The number of benzene rings is 1. The van der Waals surface area contributed by atoms with Crippen molar-refractivity contribution >= 4 is 23.9 Å². The van der Waals surface area contributed by atoms with Gasteiger partial charge in [0.05, 0.1) is 12.7 Å². The number of fused-ring (bicyclic) bond motifs is 5. The van der Waals surface area contributed by atoms with Crippen molar-refractivity contribution in [1.82, 2.24) is 9.88 Å². The maximum absolute atomic E-state index is 14.0. The molecule has 1 amide bonds. The molecule has 2 aliphatic rings. The second kappa shape index (κ2) is 6.69. The van der Waals surface area contributed by atoms with Crippen molar-refractivity contribution in [2.75, 3.05) is 19.4 Å². The van der Waals surface area contributed by atoms with Crippen LogP contribution in [0.3, 0.4) is 0 Å². The summed E-state index contributed by atoms with van der Waals surface area (Å²) < 4.78 is 16.0. The van der Waals surface area contributed by atoms with Gasteiger partial charge in [0.25, 0.3) is 6.01 Å². The fourth-order valence-electron chi connectivity index (χ4n) is 4.26. The summed E-state index contributed by atoms with van der Waals surface area (Å²) in [5.41, 5.74) is 5.09. The van der Waals surface area contributed by atoms with Crippen molar-refractivity contribution in [2.45, 2.75) is 38.7 Å². The number of anilines is 1. The van der Waals surface area contributed by atoms with Crippen molar-refractivity contribution in [3.63, 3.8) is 0 Å². The number of nitrogens with two attached hydrogens (primary N) is 1. The lowest BCUT2D eigenvalue weighted by atomic mass is 9.74. The number of hydrogen-bond donors (Lipinski definition) is 1. The van der Waals surface area contributed by atoms with Gasteiger partial charge in [0.1, 0.15) is 17.8 Å². The zero-order valence-corrected chi connectivity index (χ0v) is 17.9. The Kier molecular flexibility index (Phi) is 4.46. The zero-order valence-electron chi connectivity index (χ0n) is 17.9. The van der Waals surface area contributed by atoms with E-state index in [-0.39, 0.29) is 29.5 Å². The molecule has 1 aliphatic heterocycles. The van der Waals surface area contributed by atoms with Crippen LogP contribution in [0.2, 0.25) is 0 Å². The second-order valence-electron chi connectivity index (χ2n) is 8.46. The van der Waals surface area contributed by atoms with E-state index in [1.165, 1.54) is 12.0 Å². The van der Waals surface area contributed by atoms with Gasteiger partial charge in [-0.3, -0.25) is 9.59 Å². The Labute approximate surface area is 178 Å². The van der Waals surface area contributed by atoms with Crippen molar-refractivity contribution in [3.8, 4) is 11.3 Å². The van der Waals surface area contributed by atoms with Crippen LogP contribution in [-0.4, -0.2) is 47.0 Å². The van der Waals surface area contributed by atoms with Gasteiger partial charge in [0.15, 0.2) is 11.2 Å². The van der Waals surface area contributed by atoms with Gasteiger partial charge >= 0.3 is 11.9 Å². The normalized spacial score (nSPS) is 19.6. The number of nitrogen functional groups attached to an aromatic ring is 1. The van der Waals surface area contributed by atoms with E-state index in [4.69, 9.17) is 19.6 Å². The fourth-order valence-corrected chi connectivity index (χ4v) is 4.26. The van der Waals surface area contributed by atoms with E-state index in [1.54, 1.807) is 52.0 Å². The molecule has 2 aromatic rings. The summed E-state index contributed by atoms with van der Waals surface area (Å²) in [6, 6.07) is 6.93. The molecule has 0 saturated heterocycles. The minimum Gasteiger partial charge on any atom is -0.468 e. The maximum Gasteiger partial charge on any atom is 0.338 e. The Balaban J connectivity index is 2.02. The Morgan fingerprint density at radius 3 is 2.58 bits per heavy atom. The SMILES string of the molecule is COC(=O)CN1C(=O)C2(C(C(=O)OC(C)(C)C)=C1C)c1ccccc1-c1oc(N)nc12. The van der Waals surface area contributed by atoms with Gasteiger partial charge < -0.3 is 24.5 Å². The van der Waals surface area contributed by atoms with Crippen LogP contribution in [0, 0.1) is 0 Å². The Hall–Kier alpha value is -3.62. The summed E-state index contributed by atoms with van der Waals surface area (Å²) in [6.45, 7) is 6.44. The van der Waals surface area contributed by atoms with Crippen molar-refractivity contribution in [1.29, 1.82) is 0 Å². The van der Waals surface area contributed by atoms with Crippen LogP contribution in [0.25, 0.3) is 11.3 Å². The summed E-state index contributed by atoms with van der Waals surface area (Å²) in [5.74, 6) is -1.51. The molecule has 2 N–H and O–H groups in total. The first-order chi connectivity index (χ1) is 14.5. The van der Waals surface area contributed by atoms with Crippen LogP contribution in [0.5, 0.6) is 0 Å². The lowest BCUT2D eigenvalue weighted by molar-refractivity contribution is -0.151. The van der Waals surface area contributed by atoms with Gasteiger partial charge in [-0.1, -0.05) is 24.3 Å². The summed E-state index contributed by atoms with van der Waals surface area (Å²) in [5, 5.41) is 0. The molecule has 162 valence electrons. The van der Waals surface area contributed by atoms with Crippen LogP contribution < -0.4 is 5.73 Å². The molecule has 0 fully saturated rings. The highest BCUT2D eigenvalue weighted by molar-refractivity contribution is 6.14. The van der Waals surface area contributed by atoms with Crippen LogP contribution >= 0.6 is 0 Å². The molecule has 1 aromatic carbocycles. The number of aromatic nitrogens is 1. The van der Waals surface area contributed by atoms with Gasteiger partial charge in [-0.25, -0.2) is 4.79 Å². The highest BCUT2D eigenvalue weighted by Crippen LogP contribution is 2.57. The lowest BCUT2D eigenvalue weighted by Crippen LogP contribution is -2.44. The topological polar surface area (TPSA) is 125 Å². The van der Waals surface area contributed by atoms with E-state index in [1.807, 2.05) is 0 Å². The first-order valence-corrected chi connectivity index (χ1v) is 9.72. The van der Waals surface area contributed by atoms with E-state index >= 15 is 0 Å². The first kappa shape index (κ1) is 20.6. The third-order valence-corrected chi connectivity index (χ3v) is 5.40. The highest BCUT2D eigenvalue weighted by Gasteiger charge is 2.64. The second-order valence-corrected chi connectivity index (χ2v) is 8.46. The molecule has 0 bridgehead atoms. The molecule has 0 saturated carbocycles.